The summed E-state index contributed by atoms with van der Waals surface area (Å²) < 4.78 is 5.20. The summed E-state index contributed by atoms with van der Waals surface area (Å²) in [7, 11) is 1.62. The molecule has 1 aromatic carbocycles. The summed E-state index contributed by atoms with van der Waals surface area (Å²) in [6.45, 7) is 3.52. The van der Waals surface area contributed by atoms with Crippen molar-refractivity contribution in [1.29, 1.82) is 0 Å². The van der Waals surface area contributed by atoms with Gasteiger partial charge in [0.25, 0.3) is 0 Å². The fraction of sp³-hybridized carbons (Fsp3) is 0.412. The first kappa shape index (κ1) is 22.8. The lowest BCUT2D eigenvalue weighted by atomic mass is 10.1. The van der Waals surface area contributed by atoms with E-state index in [0.29, 0.717) is 11.6 Å². The Morgan fingerprint density at radius 3 is 2.70 bits per heavy atom. The van der Waals surface area contributed by atoms with Crippen molar-refractivity contribution < 1.29 is 14.3 Å². The van der Waals surface area contributed by atoms with Crippen molar-refractivity contribution in [1.82, 2.24) is 15.5 Å². The van der Waals surface area contributed by atoms with E-state index < -0.39 is 6.04 Å². The Kier molecular flexibility index (Phi) is 9.13. The first-order valence-electron chi connectivity index (χ1n) is 8.17. The maximum absolute atomic E-state index is 11.9. The van der Waals surface area contributed by atoms with E-state index in [-0.39, 0.29) is 36.7 Å². The Hall–Kier alpha value is -2.23. The van der Waals surface area contributed by atoms with Crippen LogP contribution < -0.4 is 21.1 Å². The van der Waals surface area contributed by atoms with Crippen LogP contribution in [0.2, 0.25) is 0 Å². The highest BCUT2D eigenvalue weighted by Crippen LogP contribution is 2.20. The van der Waals surface area contributed by atoms with Crippen LogP contribution in [0.1, 0.15) is 24.4 Å². The van der Waals surface area contributed by atoms with Gasteiger partial charge in [0.15, 0.2) is 0 Å². The lowest BCUT2D eigenvalue weighted by molar-refractivity contribution is -0.125. The van der Waals surface area contributed by atoms with E-state index in [2.05, 4.69) is 20.8 Å². The molecule has 0 bridgehead atoms. The maximum Gasteiger partial charge on any atom is 0.245 e. The topological polar surface area (TPSA) is 119 Å². The molecule has 2 aromatic rings. The van der Waals surface area contributed by atoms with Crippen LogP contribution in [0.15, 0.2) is 24.3 Å². The molecule has 0 saturated carbocycles. The van der Waals surface area contributed by atoms with Gasteiger partial charge in [0.05, 0.1) is 19.7 Å². The van der Waals surface area contributed by atoms with Crippen LogP contribution in [0.3, 0.4) is 0 Å². The fourth-order valence-corrected chi connectivity index (χ4v) is 2.87. The summed E-state index contributed by atoms with van der Waals surface area (Å²) in [6.07, 6.45) is 0.588. The normalized spacial score (nSPS) is 11.4. The molecule has 0 aliphatic rings. The first-order chi connectivity index (χ1) is 12.4. The van der Waals surface area contributed by atoms with Gasteiger partial charge < -0.3 is 15.8 Å². The second-order valence-electron chi connectivity index (χ2n) is 6.07. The monoisotopic (exact) mass is 413 g/mol. The van der Waals surface area contributed by atoms with E-state index in [1.54, 1.807) is 7.11 Å². The number of nitrogens with two attached hydrogens (primary N) is 1. The van der Waals surface area contributed by atoms with Gasteiger partial charge >= 0.3 is 0 Å². The summed E-state index contributed by atoms with van der Waals surface area (Å²) in [5, 5.41) is 14.3. The van der Waals surface area contributed by atoms with Crippen molar-refractivity contribution >= 4 is 40.7 Å². The fourth-order valence-electron chi connectivity index (χ4n) is 2.08. The number of amides is 2. The predicted octanol–water partition coefficient (Wildman–Crippen LogP) is 1.60. The minimum atomic E-state index is -0.640. The number of nitrogens with zero attached hydrogens (tertiary/aromatic N) is 2. The zero-order chi connectivity index (χ0) is 19.1. The molecule has 0 aliphatic carbocycles. The van der Waals surface area contributed by atoms with Gasteiger partial charge in [-0.1, -0.05) is 37.3 Å². The zero-order valence-corrected chi connectivity index (χ0v) is 17.0. The molecule has 2 amide bonds. The average Bonchev–Trinajstić information content (AvgIpc) is 3.05. The lowest BCUT2D eigenvalue weighted by Gasteiger charge is -2.14. The number of benzene rings is 1. The van der Waals surface area contributed by atoms with Crippen molar-refractivity contribution in [3.05, 3.63) is 34.8 Å². The van der Waals surface area contributed by atoms with Crippen LogP contribution >= 0.6 is 23.7 Å². The van der Waals surface area contributed by atoms with E-state index >= 15 is 0 Å². The van der Waals surface area contributed by atoms with Crippen LogP contribution in [-0.2, 0) is 16.0 Å². The number of halogens is 1. The van der Waals surface area contributed by atoms with E-state index in [9.17, 15) is 9.59 Å². The molecule has 1 heterocycles. The second kappa shape index (κ2) is 10.8. The zero-order valence-electron chi connectivity index (χ0n) is 15.4. The van der Waals surface area contributed by atoms with E-state index in [1.807, 2.05) is 38.1 Å². The van der Waals surface area contributed by atoms with E-state index in [4.69, 9.17) is 10.5 Å². The van der Waals surface area contributed by atoms with Crippen LogP contribution in [0.25, 0.3) is 0 Å². The summed E-state index contributed by atoms with van der Waals surface area (Å²) in [5.41, 5.74) is 6.76. The van der Waals surface area contributed by atoms with Crippen LogP contribution in [-0.4, -0.2) is 41.7 Å². The Labute approximate surface area is 168 Å². The van der Waals surface area contributed by atoms with Gasteiger partial charge in [0.1, 0.15) is 10.8 Å². The molecule has 0 radical (unpaired) electrons. The number of carbonyl (C=O) groups excluding carboxylic acids is 2. The van der Waals surface area contributed by atoms with Gasteiger partial charge in [0, 0.05) is 6.42 Å². The molecule has 8 nitrogen and oxygen atoms in total. The van der Waals surface area contributed by atoms with Gasteiger partial charge in [-0.2, -0.15) is 0 Å². The quantitative estimate of drug-likeness (QED) is 0.604. The van der Waals surface area contributed by atoms with Gasteiger partial charge in [-0.25, -0.2) is 0 Å². The number of anilines is 1. The molecular weight excluding hydrogens is 390 g/mol. The predicted molar refractivity (Wildman–Crippen MR) is 107 cm³/mol. The van der Waals surface area contributed by atoms with Crippen LogP contribution in [0, 0.1) is 5.92 Å². The number of nitrogens with one attached hydrogen (secondary N) is 2. The minimum Gasteiger partial charge on any atom is -0.497 e. The highest BCUT2D eigenvalue weighted by molar-refractivity contribution is 7.15. The van der Waals surface area contributed by atoms with Crippen molar-refractivity contribution in [2.45, 2.75) is 26.3 Å². The number of hydrogen-bond acceptors (Lipinski definition) is 7. The number of aromatic nitrogens is 2. The molecule has 0 fully saturated rings. The number of hydrogen-bond donors (Lipinski definition) is 3. The van der Waals surface area contributed by atoms with Crippen LogP contribution in [0.5, 0.6) is 5.75 Å². The molecule has 0 saturated heterocycles. The number of carbonyl (C=O) groups is 2. The third-order valence-corrected chi connectivity index (χ3v) is 4.49. The lowest BCUT2D eigenvalue weighted by Crippen LogP contribution is -2.46. The Bertz CT molecular complexity index is 769. The van der Waals surface area contributed by atoms with Gasteiger partial charge in [0.2, 0.25) is 16.9 Å². The Morgan fingerprint density at radius 1 is 1.30 bits per heavy atom. The molecule has 0 spiro atoms. The smallest absolute Gasteiger partial charge is 0.245 e. The van der Waals surface area contributed by atoms with Gasteiger partial charge in [-0.3, -0.25) is 14.9 Å². The summed E-state index contributed by atoms with van der Waals surface area (Å²) in [4.78, 5) is 23.7. The highest BCUT2D eigenvalue weighted by atomic mass is 35.5. The molecule has 10 heteroatoms. The second-order valence-corrected chi connectivity index (χ2v) is 7.13. The molecule has 0 unspecified atom stereocenters. The molecular formula is C17H24ClN5O3S. The molecule has 1 aromatic heterocycles. The third kappa shape index (κ3) is 7.12. The molecule has 27 heavy (non-hydrogen) atoms. The minimum absolute atomic E-state index is 0. The Morgan fingerprint density at radius 2 is 2.04 bits per heavy atom. The summed E-state index contributed by atoms with van der Waals surface area (Å²) in [6, 6.07) is 7.03. The van der Waals surface area contributed by atoms with E-state index in [0.717, 1.165) is 16.3 Å². The van der Waals surface area contributed by atoms with Gasteiger partial charge in [-0.05, 0) is 23.6 Å². The average molecular weight is 414 g/mol. The van der Waals surface area contributed by atoms with E-state index in [1.165, 1.54) is 11.3 Å². The molecule has 2 rings (SSSR count). The highest BCUT2D eigenvalue weighted by Gasteiger charge is 2.18. The summed E-state index contributed by atoms with van der Waals surface area (Å²) >= 11 is 1.28. The molecule has 148 valence electrons. The van der Waals surface area contributed by atoms with Crippen molar-refractivity contribution in [2.24, 2.45) is 11.7 Å². The largest absolute Gasteiger partial charge is 0.497 e. The van der Waals surface area contributed by atoms with Crippen molar-refractivity contribution in [2.75, 3.05) is 19.0 Å². The third-order valence-electron chi connectivity index (χ3n) is 3.65. The van der Waals surface area contributed by atoms with Gasteiger partial charge in [-0.15, -0.1) is 22.6 Å². The molecule has 1 atom stereocenters. The summed E-state index contributed by atoms with van der Waals surface area (Å²) in [5.74, 6) is 0.0424. The number of methoxy groups -OCH3 is 1. The van der Waals surface area contributed by atoms with Crippen molar-refractivity contribution in [3.8, 4) is 5.75 Å². The number of ether oxygens (including phenoxy) is 1. The standard InChI is InChI=1S/C17H23N5O3S.ClH/c1-10(2)15(18)16(24)19-9-13(23)20-17-22-21-14(26-17)8-11-5-4-6-12(7-11)25-3;/h4-7,10,15H,8-9,18H2,1-3H3,(H,19,24)(H,20,22,23);1H/t15-;/m0./s1. The molecule has 4 N–H and O–H groups in total. The first-order valence-corrected chi connectivity index (χ1v) is 8.99. The maximum atomic E-state index is 11.9. The molecule has 0 aliphatic heterocycles. The van der Waals surface area contributed by atoms with Crippen molar-refractivity contribution in [3.63, 3.8) is 0 Å². The van der Waals surface area contributed by atoms with Crippen LogP contribution in [0.4, 0.5) is 5.13 Å². The SMILES string of the molecule is COc1cccc(Cc2nnc(NC(=O)CNC(=O)[C@@H](N)C(C)C)s2)c1.Cl. The number of rotatable bonds is 8. The Balaban J connectivity index is 0.00000364.